The van der Waals surface area contributed by atoms with Crippen LogP contribution >= 0.6 is 15.9 Å². The summed E-state index contributed by atoms with van der Waals surface area (Å²) in [5.41, 5.74) is 0.845. The monoisotopic (exact) mass is 353 g/mol. The van der Waals surface area contributed by atoms with E-state index >= 15 is 0 Å². The van der Waals surface area contributed by atoms with Crippen molar-refractivity contribution in [1.29, 1.82) is 0 Å². The van der Waals surface area contributed by atoms with Gasteiger partial charge in [-0.15, -0.1) is 10.2 Å². The molecule has 0 saturated heterocycles. The number of hydrogen-bond acceptors (Lipinski definition) is 5. The average molecular weight is 354 g/mol. The minimum absolute atomic E-state index is 0.0254. The lowest BCUT2D eigenvalue weighted by molar-refractivity contribution is -0.123. The zero-order chi connectivity index (χ0) is 15.2. The Labute approximate surface area is 130 Å². The topological polar surface area (TPSA) is 81.9 Å². The number of rotatable bonds is 6. The number of benzene rings is 1. The number of carbonyl (C=O) groups is 1. The summed E-state index contributed by atoms with van der Waals surface area (Å²) in [5, 5.41) is 14.8. The summed E-state index contributed by atoms with van der Waals surface area (Å²) in [6, 6.07) is 7.50. The van der Waals surface area contributed by atoms with Crippen LogP contribution in [0.2, 0.25) is 0 Å². The molecule has 2 aromatic rings. The predicted molar refractivity (Wildman–Crippen MR) is 80.4 cm³/mol. The van der Waals surface area contributed by atoms with Crippen LogP contribution in [0, 0.1) is 0 Å². The molecule has 2 rings (SSSR count). The summed E-state index contributed by atoms with van der Waals surface area (Å²) < 4.78 is 5.93. The molecule has 0 fully saturated rings. The van der Waals surface area contributed by atoms with Crippen molar-refractivity contribution in [3.8, 4) is 11.4 Å². The first-order valence-corrected chi connectivity index (χ1v) is 7.20. The van der Waals surface area contributed by atoms with Crippen LogP contribution in [0.5, 0.6) is 0 Å². The SMILES string of the molecule is COC[C@@H](C)NC(=O)Cn1nnc(-c2ccc(Br)cc2)n1. The van der Waals surface area contributed by atoms with Crippen LogP contribution in [0.1, 0.15) is 6.92 Å². The quantitative estimate of drug-likeness (QED) is 0.845. The fraction of sp³-hybridized carbons (Fsp3) is 0.385. The standard InChI is InChI=1S/C13H16BrN5O2/c1-9(8-21-2)15-12(20)7-19-17-13(16-18-19)10-3-5-11(14)6-4-10/h3-6,9H,7-8H2,1-2H3,(H,15,20)/t9-/m1/s1. The normalized spacial score (nSPS) is 12.1. The molecule has 1 heterocycles. The van der Waals surface area contributed by atoms with Gasteiger partial charge in [0.15, 0.2) is 0 Å². The van der Waals surface area contributed by atoms with Gasteiger partial charge in [0.2, 0.25) is 11.7 Å². The first-order chi connectivity index (χ1) is 10.1. The van der Waals surface area contributed by atoms with Gasteiger partial charge in [-0.2, -0.15) is 4.80 Å². The molecule has 0 aliphatic heterocycles. The van der Waals surface area contributed by atoms with Crippen molar-refractivity contribution >= 4 is 21.8 Å². The van der Waals surface area contributed by atoms with Crippen LogP contribution in [0.25, 0.3) is 11.4 Å². The summed E-state index contributed by atoms with van der Waals surface area (Å²) in [7, 11) is 1.59. The number of halogens is 1. The molecular weight excluding hydrogens is 338 g/mol. The van der Waals surface area contributed by atoms with Gasteiger partial charge in [0, 0.05) is 23.2 Å². The molecule has 1 aromatic carbocycles. The molecule has 0 bridgehead atoms. The van der Waals surface area contributed by atoms with Gasteiger partial charge in [-0.1, -0.05) is 15.9 Å². The van der Waals surface area contributed by atoms with Crippen molar-refractivity contribution in [1.82, 2.24) is 25.5 Å². The Hall–Kier alpha value is -1.80. The van der Waals surface area contributed by atoms with Crippen LogP contribution in [-0.4, -0.2) is 45.9 Å². The minimum atomic E-state index is -0.181. The van der Waals surface area contributed by atoms with Crippen LogP contribution < -0.4 is 5.32 Å². The fourth-order valence-electron chi connectivity index (χ4n) is 1.77. The molecule has 1 N–H and O–H groups in total. The Morgan fingerprint density at radius 3 is 2.81 bits per heavy atom. The Morgan fingerprint density at radius 1 is 1.43 bits per heavy atom. The highest BCUT2D eigenvalue weighted by atomic mass is 79.9. The fourth-order valence-corrected chi connectivity index (χ4v) is 2.03. The number of nitrogens with zero attached hydrogens (tertiary/aromatic N) is 4. The molecule has 7 nitrogen and oxygen atoms in total. The second kappa shape index (κ2) is 7.28. The van der Waals surface area contributed by atoms with Gasteiger partial charge in [0.1, 0.15) is 6.54 Å². The summed E-state index contributed by atoms with van der Waals surface area (Å²) in [5.74, 6) is 0.305. The smallest absolute Gasteiger partial charge is 0.243 e. The van der Waals surface area contributed by atoms with E-state index in [4.69, 9.17) is 4.74 Å². The van der Waals surface area contributed by atoms with E-state index < -0.39 is 0 Å². The Kier molecular flexibility index (Phi) is 5.40. The maximum absolute atomic E-state index is 11.8. The summed E-state index contributed by atoms with van der Waals surface area (Å²) in [6.45, 7) is 2.35. The molecule has 112 valence electrons. The van der Waals surface area contributed by atoms with E-state index in [0.29, 0.717) is 12.4 Å². The largest absolute Gasteiger partial charge is 0.383 e. The van der Waals surface area contributed by atoms with E-state index in [1.54, 1.807) is 7.11 Å². The third-order valence-corrected chi connectivity index (χ3v) is 3.19. The summed E-state index contributed by atoms with van der Waals surface area (Å²) >= 11 is 3.37. The Balaban J connectivity index is 1.97. The van der Waals surface area contributed by atoms with Gasteiger partial charge in [0.25, 0.3) is 0 Å². The number of nitrogens with one attached hydrogen (secondary N) is 1. The van der Waals surface area contributed by atoms with Crippen LogP contribution in [-0.2, 0) is 16.1 Å². The number of amides is 1. The van der Waals surface area contributed by atoms with E-state index in [0.717, 1.165) is 10.0 Å². The van der Waals surface area contributed by atoms with Gasteiger partial charge >= 0.3 is 0 Å². The van der Waals surface area contributed by atoms with E-state index in [1.165, 1.54) is 4.80 Å². The maximum Gasteiger partial charge on any atom is 0.243 e. The van der Waals surface area contributed by atoms with Crippen LogP contribution in [0.3, 0.4) is 0 Å². The molecule has 0 aliphatic carbocycles. The Bertz CT molecular complexity index is 599. The lowest BCUT2D eigenvalue weighted by Crippen LogP contribution is -2.38. The van der Waals surface area contributed by atoms with Gasteiger partial charge in [-0.05, 0) is 36.4 Å². The highest BCUT2D eigenvalue weighted by Crippen LogP contribution is 2.17. The van der Waals surface area contributed by atoms with Crippen molar-refractivity contribution in [2.45, 2.75) is 19.5 Å². The van der Waals surface area contributed by atoms with Crippen molar-refractivity contribution < 1.29 is 9.53 Å². The maximum atomic E-state index is 11.8. The second-order valence-electron chi connectivity index (χ2n) is 4.57. The molecular formula is C13H16BrN5O2. The number of ether oxygens (including phenoxy) is 1. The zero-order valence-electron chi connectivity index (χ0n) is 11.8. The zero-order valence-corrected chi connectivity index (χ0v) is 13.4. The molecule has 21 heavy (non-hydrogen) atoms. The van der Waals surface area contributed by atoms with Crippen molar-refractivity contribution in [3.05, 3.63) is 28.7 Å². The molecule has 0 aliphatic rings. The highest BCUT2D eigenvalue weighted by molar-refractivity contribution is 9.10. The molecule has 1 atom stereocenters. The first-order valence-electron chi connectivity index (χ1n) is 6.40. The van der Waals surface area contributed by atoms with E-state index in [9.17, 15) is 4.79 Å². The molecule has 1 amide bonds. The molecule has 0 radical (unpaired) electrons. The number of methoxy groups -OCH3 is 1. The van der Waals surface area contributed by atoms with Gasteiger partial charge in [0.05, 0.1) is 6.61 Å². The lowest BCUT2D eigenvalue weighted by Gasteiger charge is -2.11. The average Bonchev–Trinajstić information content (AvgIpc) is 2.88. The first kappa shape index (κ1) is 15.6. The summed E-state index contributed by atoms with van der Waals surface area (Å²) in [4.78, 5) is 13.1. The molecule has 0 unspecified atom stereocenters. The number of tetrazole rings is 1. The minimum Gasteiger partial charge on any atom is -0.383 e. The van der Waals surface area contributed by atoms with E-state index in [1.807, 2.05) is 31.2 Å². The summed E-state index contributed by atoms with van der Waals surface area (Å²) in [6.07, 6.45) is 0. The predicted octanol–water partition coefficient (Wildman–Crippen LogP) is 1.25. The van der Waals surface area contributed by atoms with Crippen LogP contribution in [0.4, 0.5) is 0 Å². The van der Waals surface area contributed by atoms with Gasteiger partial charge in [-0.3, -0.25) is 4.79 Å². The number of aromatic nitrogens is 4. The van der Waals surface area contributed by atoms with Crippen molar-refractivity contribution in [2.75, 3.05) is 13.7 Å². The Morgan fingerprint density at radius 2 is 2.14 bits per heavy atom. The highest BCUT2D eigenvalue weighted by Gasteiger charge is 2.11. The molecule has 0 saturated carbocycles. The van der Waals surface area contributed by atoms with Crippen molar-refractivity contribution in [3.63, 3.8) is 0 Å². The van der Waals surface area contributed by atoms with Crippen molar-refractivity contribution in [2.24, 2.45) is 0 Å². The van der Waals surface area contributed by atoms with E-state index in [2.05, 4.69) is 36.7 Å². The van der Waals surface area contributed by atoms with Gasteiger partial charge in [-0.25, -0.2) is 0 Å². The third kappa shape index (κ3) is 4.61. The number of hydrogen-bond donors (Lipinski definition) is 1. The molecule has 1 aromatic heterocycles. The lowest BCUT2D eigenvalue weighted by atomic mass is 10.2. The molecule has 0 spiro atoms. The van der Waals surface area contributed by atoms with Crippen LogP contribution in [0.15, 0.2) is 28.7 Å². The molecule has 8 heteroatoms. The number of carbonyl (C=O) groups excluding carboxylic acids is 1. The van der Waals surface area contributed by atoms with E-state index in [-0.39, 0.29) is 18.5 Å². The van der Waals surface area contributed by atoms with Gasteiger partial charge < -0.3 is 10.1 Å². The second-order valence-corrected chi connectivity index (χ2v) is 5.49. The third-order valence-electron chi connectivity index (χ3n) is 2.66.